The van der Waals surface area contributed by atoms with Crippen LogP contribution in [0.5, 0.6) is 5.75 Å². The summed E-state index contributed by atoms with van der Waals surface area (Å²) in [4.78, 5) is 61.6. The standard InChI is InChI=1S/C25H21N3O6S.C17H23N3O4S.C16H21N3O3S/c1-13(29)26-8-9-27-25(35)28-14-2-5-17(20(10-14)24(32)33)23-18-6-3-15(30)11-21(18)34-22-12-16(31)4-7-19(22)23;1-20(2)15-8-4-7-14-13(15)6-5-9-16(14)25(22,23)19-11-10-18-17(21)12-24-3;1-12(20)17-10-11-18-23(21,22)16-9-5-6-13-14(16)7-4-8-15(13)19(2)3/h2-7,10-12,30H,8-9H2,1H3,(H,26,29)(H,32,33)(H2,27,28,35);4-9,19H,10-12H2,1-3H3,(H,18,21);4-9,18H,10-11H2,1-3H3,(H,17,20). The van der Waals surface area contributed by atoms with Crippen LogP contribution in [0, 0.1) is 0 Å². The van der Waals surface area contributed by atoms with E-state index in [4.69, 9.17) is 21.4 Å². The van der Waals surface area contributed by atoms with Gasteiger partial charge in [0.15, 0.2) is 10.5 Å². The molecule has 0 saturated carbocycles. The molecule has 83 heavy (non-hydrogen) atoms. The van der Waals surface area contributed by atoms with E-state index >= 15 is 0 Å². The molecule has 1 heterocycles. The highest BCUT2D eigenvalue weighted by atomic mass is 32.2. The first-order valence-electron chi connectivity index (χ1n) is 25.7. The van der Waals surface area contributed by atoms with Gasteiger partial charge in [0.25, 0.3) is 0 Å². The molecule has 2 aliphatic rings. The molecule has 0 unspecified atom stereocenters. The number of hydrogen-bond acceptors (Lipinski definition) is 15. The summed E-state index contributed by atoms with van der Waals surface area (Å²) in [6.45, 7) is 4.22. The Morgan fingerprint density at radius 3 is 1.63 bits per heavy atom. The van der Waals surface area contributed by atoms with E-state index in [2.05, 4.69) is 36.0 Å². The molecule has 0 aromatic heterocycles. The summed E-state index contributed by atoms with van der Waals surface area (Å²) in [5.41, 5.74) is 3.93. The zero-order valence-electron chi connectivity index (χ0n) is 46.6. The molecule has 22 nitrogen and oxygen atoms in total. The smallest absolute Gasteiger partial charge is 0.336 e. The quantitative estimate of drug-likeness (QED) is 0.0253. The van der Waals surface area contributed by atoms with Crippen LogP contribution in [0.2, 0.25) is 0 Å². The predicted octanol–water partition coefficient (Wildman–Crippen LogP) is 5.66. The van der Waals surface area contributed by atoms with Crippen molar-refractivity contribution in [2.45, 2.75) is 23.6 Å². The number of aromatic carboxylic acids is 1. The fraction of sp³-hybridized carbons (Fsp3) is 0.241. The van der Waals surface area contributed by atoms with Gasteiger partial charge in [0.2, 0.25) is 37.8 Å². The number of amides is 3. The van der Waals surface area contributed by atoms with Crippen LogP contribution in [0.4, 0.5) is 17.1 Å². The summed E-state index contributed by atoms with van der Waals surface area (Å²) in [6, 6.07) is 35.2. The van der Waals surface area contributed by atoms with Crippen molar-refractivity contribution >= 4 is 111 Å². The second-order valence-corrected chi connectivity index (χ2v) is 22.7. The molecule has 1 aliphatic heterocycles. The highest BCUT2D eigenvalue weighted by Crippen LogP contribution is 2.42. The van der Waals surface area contributed by atoms with E-state index in [9.17, 15) is 51.0 Å². The number of hydrogen-bond donors (Lipinski definition) is 9. The Kier molecular flexibility index (Phi) is 22.0. The molecule has 3 amide bonds. The van der Waals surface area contributed by atoms with E-state index in [0.29, 0.717) is 57.2 Å². The van der Waals surface area contributed by atoms with Crippen LogP contribution in [0.25, 0.3) is 55.0 Å². The van der Waals surface area contributed by atoms with E-state index in [1.807, 2.05) is 74.4 Å². The van der Waals surface area contributed by atoms with E-state index < -0.39 is 26.0 Å². The van der Waals surface area contributed by atoms with Gasteiger partial charge in [-0.2, -0.15) is 0 Å². The van der Waals surface area contributed by atoms with E-state index in [0.717, 1.165) is 22.1 Å². The second kappa shape index (κ2) is 28.8. The third-order valence-corrected chi connectivity index (χ3v) is 15.6. The summed E-state index contributed by atoms with van der Waals surface area (Å²) in [6.07, 6.45) is 0. The Labute approximate surface area is 485 Å². The number of aromatic hydroxyl groups is 1. The van der Waals surface area contributed by atoms with Gasteiger partial charge >= 0.3 is 5.97 Å². The lowest BCUT2D eigenvalue weighted by molar-refractivity contribution is -0.124. The molecule has 25 heteroatoms. The van der Waals surface area contributed by atoms with Crippen molar-refractivity contribution in [1.29, 1.82) is 0 Å². The number of benzene rings is 7. The average Bonchev–Trinajstić information content (AvgIpc) is 3.55. The Morgan fingerprint density at radius 2 is 1.10 bits per heavy atom. The number of methoxy groups -OCH3 is 1. The third kappa shape index (κ3) is 16.9. The first-order valence-corrected chi connectivity index (χ1v) is 29.0. The normalized spacial score (nSPS) is 11.2. The average molecular weight is 1190 g/mol. The number of thiocarbonyl (C=S) groups is 1. The van der Waals surface area contributed by atoms with Gasteiger partial charge in [-0.3, -0.25) is 19.2 Å². The maximum absolute atomic E-state index is 12.6. The lowest BCUT2D eigenvalue weighted by Crippen LogP contribution is -2.36. The number of carbonyl (C=O) groups is 4. The molecule has 1 aliphatic carbocycles. The molecule has 8 rings (SSSR count). The van der Waals surface area contributed by atoms with Crippen molar-refractivity contribution in [2.75, 3.05) is 96.3 Å². The number of carboxylic acid groups (broad SMARTS) is 1. The number of phenols is 1. The highest BCUT2D eigenvalue weighted by molar-refractivity contribution is 7.90. The Bertz CT molecular complexity index is 3950. The third-order valence-electron chi connectivity index (χ3n) is 12.3. The number of ether oxygens (including phenoxy) is 1. The van der Waals surface area contributed by atoms with Gasteiger partial charge in [0.1, 0.15) is 23.7 Å². The van der Waals surface area contributed by atoms with Crippen LogP contribution < -0.4 is 51.3 Å². The lowest BCUT2D eigenvalue weighted by atomic mass is 9.90. The summed E-state index contributed by atoms with van der Waals surface area (Å²) in [7, 11) is 1.75. The molecule has 0 bridgehead atoms. The first kappa shape index (κ1) is 63.5. The first-order chi connectivity index (χ1) is 39.4. The molecule has 0 radical (unpaired) electrons. The molecular formula is C58H65N9O13S3. The van der Waals surface area contributed by atoms with Crippen molar-refractivity contribution in [2.24, 2.45) is 0 Å². The summed E-state index contributed by atoms with van der Waals surface area (Å²) in [5, 5.41) is 37.5. The number of phenolic OH excluding ortho intramolecular Hbond substituents is 1. The number of carbonyl (C=O) groups excluding carboxylic acids is 3. The molecule has 438 valence electrons. The number of carboxylic acids is 1. The highest BCUT2D eigenvalue weighted by Gasteiger charge is 2.24. The SMILES string of the molecule is CC(=O)NCCNC(=S)Nc1ccc(-c2c3ccc(=O)cc-3oc3cc(O)ccc23)c(C(=O)O)c1.CC(=O)NCCNS(=O)(=O)c1cccc2c(N(C)C)cccc12.COCC(=O)NCCNS(=O)(=O)c1cccc2c(N(C)C)cccc12. The largest absolute Gasteiger partial charge is 0.508 e. The molecule has 6 aromatic rings. The number of sulfonamides is 2. The van der Waals surface area contributed by atoms with E-state index in [1.54, 1.807) is 60.7 Å². The van der Waals surface area contributed by atoms with Gasteiger partial charge in [-0.1, -0.05) is 54.6 Å². The van der Waals surface area contributed by atoms with Gasteiger partial charge in [0.05, 0.1) is 15.4 Å². The van der Waals surface area contributed by atoms with E-state index in [1.165, 1.54) is 51.3 Å². The molecule has 9 N–H and O–H groups in total. The fourth-order valence-corrected chi connectivity index (χ4v) is 11.4. The minimum Gasteiger partial charge on any atom is -0.508 e. The summed E-state index contributed by atoms with van der Waals surface area (Å²) in [5.74, 6) is -1.54. The molecule has 0 fully saturated rings. The van der Waals surface area contributed by atoms with Crippen molar-refractivity contribution in [3.8, 4) is 28.2 Å². The van der Waals surface area contributed by atoms with Crippen LogP contribution in [0.3, 0.4) is 0 Å². The predicted molar refractivity (Wildman–Crippen MR) is 327 cm³/mol. The molecule has 6 aromatic carbocycles. The number of fused-ring (bicyclic) bond motifs is 4. The van der Waals surface area contributed by atoms with Gasteiger partial charge < -0.3 is 55.8 Å². The van der Waals surface area contributed by atoms with Crippen molar-refractivity contribution < 1.29 is 55.4 Å². The Morgan fingerprint density at radius 1 is 0.590 bits per heavy atom. The summed E-state index contributed by atoms with van der Waals surface area (Å²) >= 11 is 5.25. The van der Waals surface area contributed by atoms with Gasteiger partial charge in [-0.15, -0.1) is 0 Å². The minimum atomic E-state index is -3.69. The van der Waals surface area contributed by atoms with Crippen LogP contribution in [0.15, 0.2) is 146 Å². The molecule has 0 atom stereocenters. The van der Waals surface area contributed by atoms with Crippen LogP contribution in [0.1, 0.15) is 24.2 Å². The number of anilines is 3. The fourth-order valence-electron chi connectivity index (χ4n) is 8.68. The Hall–Kier alpha value is -8.72. The number of nitrogens with one attached hydrogen (secondary N) is 7. The topological polar surface area (TPSA) is 307 Å². The molecular weight excluding hydrogens is 1130 g/mol. The maximum Gasteiger partial charge on any atom is 0.336 e. The van der Waals surface area contributed by atoms with Crippen LogP contribution >= 0.6 is 12.2 Å². The lowest BCUT2D eigenvalue weighted by Gasteiger charge is -2.18. The van der Waals surface area contributed by atoms with Gasteiger partial charge in [-0.25, -0.2) is 31.1 Å². The summed E-state index contributed by atoms with van der Waals surface area (Å²) < 4.78 is 65.9. The number of rotatable bonds is 20. The van der Waals surface area contributed by atoms with E-state index in [-0.39, 0.29) is 87.9 Å². The van der Waals surface area contributed by atoms with Gasteiger partial charge in [0, 0.05) is 156 Å². The minimum absolute atomic E-state index is 0.00382. The second-order valence-electron chi connectivity index (χ2n) is 18.9. The molecule has 0 saturated heterocycles. The molecule has 0 spiro atoms. The van der Waals surface area contributed by atoms with Crippen molar-refractivity contribution in [1.82, 2.24) is 30.7 Å². The maximum atomic E-state index is 12.6. The van der Waals surface area contributed by atoms with Crippen LogP contribution in [-0.4, -0.2) is 137 Å². The Balaban J connectivity index is 0.000000206. The van der Waals surface area contributed by atoms with Crippen molar-refractivity contribution in [3.05, 3.63) is 143 Å². The monoisotopic (exact) mass is 1190 g/mol. The van der Waals surface area contributed by atoms with Gasteiger partial charge in [-0.05, 0) is 78.4 Å². The number of nitrogens with zero attached hydrogens (tertiary/aromatic N) is 2. The van der Waals surface area contributed by atoms with Crippen molar-refractivity contribution in [3.63, 3.8) is 0 Å². The zero-order valence-corrected chi connectivity index (χ0v) is 49.0. The zero-order chi connectivity index (χ0) is 60.6. The van der Waals surface area contributed by atoms with Crippen LogP contribution in [-0.2, 0) is 39.2 Å².